The zero-order valence-electron chi connectivity index (χ0n) is 10.6. The highest BCUT2D eigenvalue weighted by Crippen LogP contribution is 2.24. The zero-order valence-corrected chi connectivity index (χ0v) is 10.6. The molecule has 6 heteroatoms. The van der Waals surface area contributed by atoms with Gasteiger partial charge in [-0.05, 0) is 31.5 Å². The number of halogens is 1. The number of aryl methyl sites for hydroxylation is 2. The normalized spacial score (nSPS) is 10.3. The molecule has 2 rings (SSSR count). The van der Waals surface area contributed by atoms with E-state index >= 15 is 0 Å². The monoisotopic (exact) mass is 260 g/mol. The van der Waals surface area contributed by atoms with Crippen molar-refractivity contribution in [3.63, 3.8) is 0 Å². The van der Waals surface area contributed by atoms with Gasteiger partial charge in [-0.25, -0.2) is 9.37 Å². The number of ether oxygens (including phenoxy) is 1. The largest absolute Gasteiger partial charge is 0.421 e. The highest BCUT2D eigenvalue weighted by molar-refractivity contribution is 5.93. The van der Waals surface area contributed by atoms with Gasteiger partial charge >= 0.3 is 6.01 Å². The van der Waals surface area contributed by atoms with Crippen LogP contribution in [-0.4, -0.2) is 15.8 Å². The summed E-state index contributed by atoms with van der Waals surface area (Å²) in [5.74, 6) is -0.614. The molecule has 0 aliphatic heterocycles. The van der Waals surface area contributed by atoms with Crippen molar-refractivity contribution in [1.82, 2.24) is 9.97 Å². The molecule has 0 unspecified atom stereocenters. The van der Waals surface area contributed by atoms with E-state index in [-0.39, 0.29) is 23.3 Å². The lowest BCUT2D eigenvalue weighted by Crippen LogP contribution is -2.14. The van der Waals surface area contributed by atoms with Crippen molar-refractivity contribution in [2.45, 2.75) is 13.8 Å². The molecule has 0 aliphatic carbocycles. The third kappa shape index (κ3) is 2.85. The van der Waals surface area contributed by atoms with Crippen LogP contribution in [0.2, 0.25) is 0 Å². The van der Waals surface area contributed by atoms with E-state index in [1.807, 2.05) is 0 Å². The molecule has 0 aliphatic rings. The van der Waals surface area contributed by atoms with Crippen molar-refractivity contribution in [3.05, 3.63) is 47.0 Å². The van der Waals surface area contributed by atoms with Gasteiger partial charge in [-0.1, -0.05) is 12.1 Å². The smallest absolute Gasteiger partial charge is 0.322 e. The van der Waals surface area contributed by atoms with E-state index in [1.165, 1.54) is 6.07 Å². The van der Waals surface area contributed by atoms with E-state index < -0.39 is 5.82 Å². The lowest BCUT2D eigenvalue weighted by molar-refractivity contribution is 0.408. The highest BCUT2D eigenvalue weighted by atomic mass is 19.1. The van der Waals surface area contributed by atoms with Crippen LogP contribution in [0.15, 0.2) is 24.3 Å². The van der Waals surface area contributed by atoms with Crippen LogP contribution in [0.4, 0.5) is 4.39 Å². The molecular weight excluding hydrogens is 247 g/mol. The van der Waals surface area contributed by atoms with Crippen molar-refractivity contribution >= 4 is 5.84 Å². The standard InChI is InChI=1S/C13H13FN4O/c1-7-4-3-5-10(11(7)14)19-13-17-8(2)6-9(18-13)12(15)16/h3-6H,1-2H3,(H3,15,16). The molecule has 0 saturated heterocycles. The van der Waals surface area contributed by atoms with Crippen LogP contribution >= 0.6 is 0 Å². The molecule has 1 heterocycles. The van der Waals surface area contributed by atoms with Crippen molar-refractivity contribution < 1.29 is 9.13 Å². The maximum Gasteiger partial charge on any atom is 0.322 e. The second-order valence-electron chi connectivity index (χ2n) is 4.08. The van der Waals surface area contributed by atoms with E-state index in [1.54, 1.807) is 32.0 Å². The SMILES string of the molecule is Cc1cc(C(=N)N)nc(Oc2cccc(C)c2F)n1. The minimum Gasteiger partial charge on any atom is -0.421 e. The molecule has 0 radical (unpaired) electrons. The Hall–Kier alpha value is -2.50. The summed E-state index contributed by atoms with van der Waals surface area (Å²) >= 11 is 0. The summed E-state index contributed by atoms with van der Waals surface area (Å²) in [6, 6.07) is 6.33. The number of nitrogens with one attached hydrogen (secondary N) is 1. The van der Waals surface area contributed by atoms with E-state index in [0.717, 1.165) is 0 Å². The molecule has 0 bridgehead atoms. The topological polar surface area (TPSA) is 84.9 Å². The molecule has 98 valence electrons. The third-order valence-electron chi connectivity index (χ3n) is 2.47. The number of nitrogens with zero attached hydrogens (tertiary/aromatic N) is 2. The van der Waals surface area contributed by atoms with E-state index in [9.17, 15) is 4.39 Å². The van der Waals surface area contributed by atoms with Crippen LogP contribution in [0.5, 0.6) is 11.8 Å². The summed E-state index contributed by atoms with van der Waals surface area (Å²) in [5, 5.41) is 7.34. The Balaban J connectivity index is 2.38. The fourth-order valence-corrected chi connectivity index (χ4v) is 1.52. The molecule has 5 nitrogen and oxygen atoms in total. The quantitative estimate of drug-likeness (QED) is 0.655. The first-order valence-electron chi connectivity index (χ1n) is 5.60. The summed E-state index contributed by atoms with van der Waals surface area (Å²) in [4.78, 5) is 7.98. The average Bonchev–Trinajstić information content (AvgIpc) is 2.34. The number of rotatable bonds is 3. The first-order valence-corrected chi connectivity index (χ1v) is 5.60. The van der Waals surface area contributed by atoms with Gasteiger partial charge in [-0.15, -0.1) is 0 Å². The van der Waals surface area contributed by atoms with Crippen LogP contribution in [0.3, 0.4) is 0 Å². The van der Waals surface area contributed by atoms with Crippen LogP contribution in [0.25, 0.3) is 0 Å². The molecule has 0 fully saturated rings. The Labute approximate surface area is 109 Å². The molecule has 2 aromatic rings. The van der Waals surface area contributed by atoms with Gasteiger partial charge in [0.1, 0.15) is 11.5 Å². The number of benzene rings is 1. The predicted octanol–water partition coefficient (Wildman–Crippen LogP) is 2.31. The lowest BCUT2D eigenvalue weighted by Gasteiger charge is -2.08. The second-order valence-corrected chi connectivity index (χ2v) is 4.08. The molecule has 3 N–H and O–H groups in total. The van der Waals surface area contributed by atoms with Gasteiger partial charge in [0.2, 0.25) is 0 Å². The lowest BCUT2D eigenvalue weighted by atomic mass is 10.2. The summed E-state index contributed by atoms with van der Waals surface area (Å²) in [7, 11) is 0. The van der Waals surface area contributed by atoms with Gasteiger partial charge in [-0.2, -0.15) is 4.98 Å². The molecule has 0 atom stereocenters. The summed E-state index contributed by atoms with van der Waals surface area (Å²) < 4.78 is 19.1. The van der Waals surface area contributed by atoms with Gasteiger partial charge < -0.3 is 10.5 Å². The second kappa shape index (κ2) is 5.01. The third-order valence-corrected chi connectivity index (χ3v) is 2.47. The van der Waals surface area contributed by atoms with Crippen LogP contribution in [0, 0.1) is 25.1 Å². The average molecular weight is 260 g/mol. The number of hydrogen-bond donors (Lipinski definition) is 2. The number of aromatic nitrogens is 2. The molecule has 0 saturated carbocycles. The van der Waals surface area contributed by atoms with Crippen molar-refractivity contribution in [2.75, 3.05) is 0 Å². The van der Waals surface area contributed by atoms with Crippen molar-refractivity contribution in [1.29, 1.82) is 5.41 Å². The number of nitrogens with two attached hydrogens (primary N) is 1. The summed E-state index contributed by atoms with van der Waals surface area (Å²) in [6.07, 6.45) is 0. The van der Waals surface area contributed by atoms with E-state index in [2.05, 4.69) is 9.97 Å². The number of hydrogen-bond acceptors (Lipinski definition) is 4. The van der Waals surface area contributed by atoms with Gasteiger partial charge in [0.25, 0.3) is 0 Å². The summed E-state index contributed by atoms with van der Waals surface area (Å²) in [6.45, 7) is 3.36. The van der Waals surface area contributed by atoms with Gasteiger partial charge in [0.05, 0.1) is 0 Å². The van der Waals surface area contributed by atoms with E-state index in [4.69, 9.17) is 15.9 Å². The fraction of sp³-hybridized carbons (Fsp3) is 0.154. The maximum atomic E-state index is 13.8. The minimum atomic E-state index is -0.461. The Kier molecular flexibility index (Phi) is 3.41. The minimum absolute atomic E-state index is 0.0327. The number of nitrogen functional groups attached to an aromatic ring is 1. The maximum absolute atomic E-state index is 13.8. The van der Waals surface area contributed by atoms with Crippen molar-refractivity contribution in [2.24, 2.45) is 5.73 Å². The van der Waals surface area contributed by atoms with Gasteiger partial charge in [-0.3, -0.25) is 5.41 Å². The Morgan fingerprint density at radius 1 is 1.32 bits per heavy atom. The Morgan fingerprint density at radius 2 is 2.05 bits per heavy atom. The number of amidine groups is 1. The first kappa shape index (κ1) is 12.9. The van der Waals surface area contributed by atoms with Gasteiger partial charge in [0.15, 0.2) is 11.6 Å². The van der Waals surface area contributed by atoms with Gasteiger partial charge in [0, 0.05) is 5.69 Å². The van der Waals surface area contributed by atoms with Crippen molar-refractivity contribution in [3.8, 4) is 11.8 Å². The van der Waals surface area contributed by atoms with E-state index in [0.29, 0.717) is 11.3 Å². The Bertz CT molecular complexity index is 643. The summed E-state index contributed by atoms with van der Waals surface area (Å²) in [5.41, 5.74) is 6.66. The Morgan fingerprint density at radius 3 is 2.74 bits per heavy atom. The molecule has 1 aromatic heterocycles. The molecule has 0 amide bonds. The molecular formula is C13H13FN4O. The fourth-order valence-electron chi connectivity index (χ4n) is 1.52. The zero-order chi connectivity index (χ0) is 14.0. The highest BCUT2D eigenvalue weighted by Gasteiger charge is 2.11. The molecule has 19 heavy (non-hydrogen) atoms. The van der Waals surface area contributed by atoms with Crippen LogP contribution in [-0.2, 0) is 0 Å². The molecule has 1 aromatic carbocycles. The van der Waals surface area contributed by atoms with Crippen LogP contribution < -0.4 is 10.5 Å². The van der Waals surface area contributed by atoms with Crippen LogP contribution in [0.1, 0.15) is 17.0 Å². The first-order chi connectivity index (χ1) is 8.97. The predicted molar refractivity (Wildman–Crippen MR) is 69.0 cm³/mol. The molecule has 0 spiro atoms.